The monoisotopic (exact) mass is 385 g/mol. The van der Waals surface area contributed by atoms with Crippen LogP contribution in [0.2, 0.25) is 0 Å². The van der Waals surface area contributed by atoms with Gasteiger partial charge in [0, 0.05) is 24.2 Å². The van der Waals surface area contributed by atoms with E-state index in [-0.39, 0.29) is 30.3 Å². The molecule has 0 saturated heterocycles. The van der Waals surface area contributed by atoms with Crippen molar-refractivity contribution in [3.8, 4) is 22.9 Å². The average Bonchev–Trinajstić information content (AvgIpc) is 2.76. The third-order valence-electron chi connectivity index (χ3n) is 4.35. The second-order valence-electron chi connectivity index (χ2n) is 6.23. The lowest BCUT2D eigenvalue weighted by Crippen LogP contribution is -2.34. The minimum Gasteiger partial charge on any atom is -0.507 e. The second kappa shape index (κ2) is 9.20. The molecule has 0 saturated carbocycles. The molecular weight excluding hydrogens is 366 g/mol. The van der Waals surface area contributed by atoms with Crippen LogP contribution >= 0.6 is 0 Å². The highest BCUT2D eigenvalue weighted by Crippen LogP contribution is 2.26. The number of carbonyl (C=O) groups is 2. The summed E-state index contributed by atoms with van der Waals surface area (Å²) in [5.74, 6) is -0.815. The van der Waals surface area contributed by atoms with E-state index in [1.807, 2.05) is 12.1 Å². The highest BCUT2D eigenvalue weighted by atomic mass is 16.3. The Kier molecular flexibility index (Phi) is 6.23. The minimum atomic E-state index is -0.416. The first kappa shape index (κ1) is 19.6. The number of para-hydroxylation sites is 1. The third-order valence-corrected chi connectivity index (χ3v) is 4.35. The fourth-order valence-electron chi connectivity index (χ4n) is 2.94. The molecule has 0 atom stereocenters. The molecule has 0 radical (unpaired) electrons. The number of aromatic hydroxyl groups is 1. The second-order valence-corrected chi connectivity index (χ2v) is 6.23. The summed E-state index contributed by atoms with van der Waals surface area (Å²) in [6, 6.07) is 22.6. The Hall–Kier alpha value is -4.11. The van der Waals surface area contributed by atoms with Gasteiger partial charge in [0.05, 0.1) is 17.2 Å². The molecule has 6 heteroatoms. The molecule has 29 heavy (non-hydrogen) atoms. The normalized spacial score (nSPS) is 10.0. The number of phenolic OH excluding ortho intramolecular Hbond substituents is 1. The number of hydrogen-bond acceptors (Lipinski definition) is 4. The summed E-state index contributed by atoms with van der Waals surface area (Å²) in [7, 11) is 0. The lowest BCUT2D eigenvalue weighted by Gasteiger charge is -2.12. The number of rotatable bonds is 6. The number of amides is 2. The maximum atomic E-state index is 12.7. The summed E-state index contributed by atoms with van der Waals surface area (Å²) in [6.07, 6.45) is 0. The molecule has 0 bridgehead atoms. The van der Waals surface area contributed by atoms with E-state index in [1.165, 1.54) is 12.1 Å². The van der Waals surface area contributed by atoms with Crippen LogP contribution in [0.5, 0.6) is 5.75 Å². The van der Waals surface area contributed by atoms with Crippen molar-refractivity contribution in [3.05, 3.63) is 89.5 Å². The summed E-state index contributed by atoms with van der Waals surface area (Å²) < 4.78 is 0. The van der Waals surface area contributed by atoms with Crippen LogP contribution in [0.3, 0.4) is 0 Å². The van der Waals surface area contributed by atoms with Crippen LogP contribution in [0.25, 0.3) is 11.1 Å². The molecule has 0 aromatic heterocycles. The third kappa shape index (κ3) is 4.60. The molecule has 0 unspecified atom stereocenters. The van der Waals surface area contributed by atoms with E-state index in [9.17, 15) is 20.0 Å². The zero-order chi connectivity index (χ0) is 20.6. The molecule has 3 aromatic carbocycles. The number of benzene rings is 3. The fraction of sp³-hybridized carbons (Fsp3) is 0.0870. The van der Waals surface area contributed by atoms with Crippen molar-refractivity contribution in [2.24, 2.45) is 0 Å². The molecule has 2 amide bonds. The van der Waals surface area contributed by atoms with E-state index in [0.717, 1.165) is 0 Å². The van der Waals surface area contributed by atoms with Gasteiger partial charge < -0.3 is 15.7 Å². The Morgan fingerprint density at radius 3 is 1.93 bits per heavy atom. The van der Waals surface area contributed by atoms with E-state index in [2.05, 4.69) is 16.7 Å². The van der Waals surface area contributed by atoms with E-state index < -0.39 is 5.91 Å². The van der Waals surface area contributed by atoms with E-state index in [4.69, 9.17) is 0 Å². The van der Waals surface area contributed by atoms with Crippen LogP contribution in [-0.4, -0.2) is 30.0 Å². The van der Waals surface area contributed by atoms with Gasteiger partial charge in [0.2, 0.25) is 0 Å². The van der Waals surface area contributed by atoms with Crippen LogP contribution < -0.4 is 10.6 Å². The van der Waals surface area contributed by atoms with Gasteiger partial charge in [-0.2, -0.15) is 5.26 Å². The van der Waals surface area contributed by atoms with Crippen LogP contribution in [-0.2, 0) is 0 Å². The van der Waals surface area contributed by atoms with Gasteiger partial charge in [-0.05, 0) is 29.8 Å². The van der Waals surface area contributed by atoms with Crippen molar-refractivity contribution in [3.63, 3.8) is 0 Å². The van der Waals surface area contributed by atoms with Gasteiger partial charge in [0.1, 0.15) is 5.75 Å². The molecule has 0 fully saturated rings. The van der Waals surface area contributed by atoms with E-state index >= 15 is 0 Å². The maximum Gasteiger partial charge on any atom is 0.255 e. The first-order valence-electron chi connectivity index (χ1n) is 9.04. The van der Waals surface area contributed by atoms with Crippen molar-refractivity contribution >= 4 is 11.8 Å². The Morgan fingerprint density at radius 2 is 1.28 bits per heavy atom. The first-order chi connectivity index (χ1) is 14.1. The molecular formula is C23H19N3O3. The number of carbonyl (C=O) groups excluding carboxylic acids is 2. The maximum absolute atomic E-state index is 12.7. The molecule has 3 N–H and O–H groups in total. The summed E-state index contributed by atoms with van der Waals surface area (Å²) in [5.41, 5.74) is 2.47. The number of phenols is 1. The summed E-state index contributed by atoms with van der Waals surface area (Å²) >= 11 is 0. The van der Waals surface area contributed by atoms with E-state index in [1.54, 1.807) is 48.5 Å². The van der Waals surface area contributed by atoms with Gasteiger partial charge in [-0.15, -0.1) is 0 Å². The van der Waals surface area contributed by atoms with Gasteiger partial charge in [0.25, 0.3) is 11.8 Å². The van der Waals surface area contributed by atoms with Gasteiger partial charge >= 0.3 is 0 Å². The number of nitrogens with one attached hydrogen (secondary N) is 2. The SMILES string of the molecule is N#Cc1ccccc1-c1ccccc1C(=O)NCCNC(=O)c1ccccc1O. The Morgan fingerprint density at radius 1 is 0.759 bits per heavy atom. The van der Waals surface area contributed by atoms with Crippen LogP contribution in [0.15, 0.2) is 72.8 Å². The van der Waals surface area contributed by atoms with Crippen molar-refractivity contribution in [1.29, 1.82) is 5.26 Å². The highest BCUT2D eigenvalue weighted by molar-refractivity contribution is 6.01. The first-order valence-corrected chi connectivity index (χ1v) is 9.04. The highest BCUT2D eigenvalue weighted by Gasteiger charge is 2.15. The van der Waals surface area contributed by atoms with Crippen LogP contribution in [0.4, 0.5) is 0 Å². The number of nitrogens with zero attached hydrogens (tertiary/aromatic N) is 1. The van der Waals surface area contributed by atoms with Gasteiger partial charge in [-0.1, -0.05) is 48.5 Å². The zero-order valence-corrected chi connectivity index (χ0v) is 15.6. The molecule has 3 rings (SSSR count). The quantitative estimate of drug-likeness (QED) is 0.568. The summed E-state index contributed by atoms with van der Waals surface area (Å²) in [4.78, 5) is 24.7. The van der Waals surface area contributed by atoms with Crippen molar-refractivity contribution in [1.82, 2.24) is 10.6 Å². The molecule has 144 valence electrons. The number of hydrogen-bond donors (Lipinski definition) is 3. The van der Waals surface area contributed by atoms with Gasteiger partial charge in [-0.3, -0.25) is 9.59 Å². The van der Waals surface area contributed by atoms with Gasteiger partial charge in [0.15, 0.2) is 0 Å². The molecule has 0 spiro atoms. The topological polar surface area (TPSA) is 102 Å². The predicted octanol–water partition coefficient (Wildman–Crippen LogP) is 3.09. The predicted molar refractivity (Wildman–Crippen MR) is 109 cm³/mol. The molecule has 0 heterocycles. The zero-order valence-electron chi connectivity index (χ0n) is 15.6. The average molecular weight is 385 g/mol. The standard InChI is InChI=1S/C23H19N3O3/c24-15-16-7-1-2-8-17(16)18-9-3-4-10-19(18)22(28)25-13-14-26-23(29)20-11-5-6-12-21(20)27/h1-12,27H,13-14H2,(H,25,28)(H,26,29). The molecule has 3 aromatic rings. The molecule has 6 nitrogen and oxygen atoms in total. The largest absolute Gasteiger partial charge is 0.507 e. The van der Waals surface area contributed by atoms with Crippen molar-refractivity contribution in [2.45, 2.75) is 0 Å². The Balaban J connectivity index is 1.64. The molecule has 0 aliphatic rings. The fourth-order valence-corrected chi connectivity index (χ4v) is 2.94. The summed E-state index contributed by atoms with van der Waals surface area (Å²) in [6.45, 7) is 0.419. The van der Waals surface area contributed by atoms with Crippen LogP contribution in [0.1, 0.15) is 26.3 Å². The Labute approximate surface area is 168 Å². The van der Waals surface area contributed by atoms with Gasteiger partial charge in [-0.25, -0.2) is 0 Å². The van der Waals surface area contributed by atoms with E-state index in [0.29, 0.717) is 22.3 Å². The Bertz CT molecular complexity index is 1090. The lowest BCUT2D eigenvalue weighted by atomic mass is 9.95. The van der Waals surface area contributed by atoms with Crippen LogP contribution in [0, 0.1) is 11.3 Å². The smallest absolute Gasteiger partial charge is 0.255 e. The minimum absolute atomic E-state index is 0.0980. The summed E-state index contributed by atoms with van der Waals surface area (Å²) in [5, 5.41) is 24.5. The lowest BCUT2D eigenvalue weighted by molar-refractivity contribution is 0.0926. The van der Waals surface area contributed by atoms with Crippen molar-refractivity contribution in [2.75, 3.05) is 13.1 Å². The van der Waals surface area contributed by atoms with Crippen molar-refractivity contribution < 1.29 is 14.7 Å². The number of nitriles is 1. The molecule has 0 aliphatic carbocycles. The molecule has 0 aliphatic heterocycles.